The largest absolute Gasteiger partial charge is 0.355 e. The number of piperidine rings is 2. The Labute approximate surface area is 186 Å². The summed E-state index contributed by atoms with van der Waals surface area (Å²) in [6, 6.07) is 0.491. The van der Waals surface area contributed by atoms with Crippen molar-refractivity contribution in [2.24, 2.45) is 17.8 Å². The third-order valence-electron chi connectivity index (χ3n) is 8.15. The molecule has 1 aliphatic carbocycles. The van der Waals surface area contributed by atoms with E-state index in [9.17, 15) is 14.0 Å². The van der Waals surface area contributed by atoms with Gasteiger partial charge in [0.15, 0.2) is 0 Å². The van der Waals surface area contributed by atoms with E-state index in [-0.39, 0.29) is 23.8 Å². The van der Waals surface area contributed by atoms with Gasteiger partial charge in [0.05, 0.1) is 6.04 Å². The van der Waals surface area contributed by atoms with Gasteiger partial charge in [-0.2, -0.15) is 0 Å². The molecule has 0 aromatic carbocycles. The van der Waals surface area contributed by atoms with Crippen LogP contribution in [0.25, 0.3) is 0 Å². The van der Waals surface area contributed by atoms with Gasteiger partial charge in [0, 0.05) is 31.6 Å². The Morgan fingerprint density at radius 2 is 1.77 bits per heavy atom. The molecule has 6 nitrogen and oxygen atoms in total. The van der Waals surface area contributed by atoms with Crippen LogP contribution in [0.5, 0.6) is 0 Å². The molecule has 176 valence electrons. The second-order valence-electron chi connectivity index (χ2n) is 10.3. The lowest BCUT2D eigenvalue weighted by Crippen LogP contribution is -2.45. The van der Waals surface area contributed by atoms with Gasteiger partial charge in [-0.25, -0.2) is 4.39 Å². The van der Waals surface area contributed by atoms with Crippen LogP contribution < -0.4 is 16.0 Å². The lowest BCUT2D eigenvalue weighted by molar-refractivity contribution is -0.138. The first-order valence-electron chi connectivity index (χ1n) is 12.8. The molecule has 0 aromatic heterocycles. The number of carbonyl (C=O) groups is 2. The lowest BCUT2D eigenvalue weighted by Gasteiger charge is -2.35. The van der Waals surface area contributed by atoms with E-state index in [0.717, 1.165) is 84.1 Å². The maximum Gasteiger partial charge on any atom is 0.237 e. The summed E-state index contributed by atoms with van der Waals surface area (Å²) >= 11 is 0. The fourth-order valence-corrected chi connectivity index (χ4v) is 6.09. The number of carbonyl (C=O) groups excluding carboxylic acids is 2. The molecule has 31 heavy (non-hydrogen) atoms. The molecule has 0 bridgehead atoms. The van der Waals surface area contributed by atoms with Crippen molar-refractivity contribution in [3.63, 3.8) is 0 Å². The molecule has 4 aliphatic rings. The van der Waals surface area contributed by atoms with Crippen molar-refractivity contribution in [1.29, 1.82) is 0 Å². The summed E-state index contributed by atoms with van der Waals surface area (Å²) in [5, 5.41) is 10.1. The summed E-state index contributed by atoms with van der Waals surface area (Å²) in [5.41, 5.74) is 0. The maximum absolute atomic E-state index is 13.3. The second kappa shape index (κ2) is 11.1. The number of alkyl halides is 1. The Bertz CT molecular complexity index is 588. The van der Waals surface area contributed by atoms with E-state index in [2.05, 4.69) is 16.0 Å². The highest BCUT2D eigenvalue weighted by Gasteiger charge is 2.38. The first-order chi connectivity index (χ1) is 15.1. The Hall–Kier alpha value is -1.21. The van der Waals surface area contributed by atoms with Crippen LogP contribution in [-0.2, 0) is 9.59 Å². The third-order valence-corrected chi connectivity index (χ3v) is 8.15. The highest BCUT2D eigenvalue weighted by atomic mass is 19.1. The summed E-state index contributed by atoms with van der Waals surface area (Å²) in [5.74, 6) is 1.78. The van der Waals surface area contributed by atoms with Crippen LogP contribution in [0.1, 0.15) is 70.6 Å². The van der Waals surface area contributed by atoms with E-state index in [1.807, 2.05) is 4.90 Å². The molecule has 3 heterocycles. The molecule has 3 N–H and O–H groups in total. The number of halogens is 1. The van der Waals surface area contributed by atoms with Gasteiger partial charge in [-0.1, -0.05) is 12.8 Å². The number of hydrogen-bond acceptors (Lipinski definition) is 4. The SMILES string of the molecule is O=C(NCCCCC1CCN(C(=O)C2CCC(F)CC2)CC1)C1CC2CNCCC2N1. The standard InChI is InChI=1S/C24H41FN4O2/c25-20-6-4-18(5-7-20)24(31)29-13-9-17(10-14-29)3-1-2-11-27-23(30)22-15-19-16-26-12-8-21(19)28-22/h17-22,26,28H,1-16H2,(H,27,30). The molecular formula is C24H41FN4O2. The summed E-state index contributed by atoms with van der Waals surface area (Å²) < 4.78 is 13.3. The van der Waals surface area contributed by atoms with Crippen molar-refractivity contribution in [2.75, 3.05) is 32.7 Å². The molecule has 0 spiro atoms. The highest BCUT2D eigenvalue weighted by molar-refractivity contribution is 5.82. The normalized spacial score (nSPS) is 34.4. The fourth-order valence-electron chi connectivity index (χ4n) is 6.09. The fraction of sp³-hybridized carbons (Fsp3) is 0.917. The van der Waals surface area contributed by atoms with Crippen LogP contribution in [0.4, 0.5) is 4.39 Å². The molecular weight excluding hydrogens is 395 g/mol. The Morgan fingerprint density at radius 3 is 2.52 bits per heavy atom. The van der Waals surface area contributed by atoms with Crippen molar-refractivity contribution in [3.05, 3.63) is 0 Å². The summed E-state index contributed by atoms with van der Waals surface area (Å²) in [7, 11) is 0. The van der Waals surface area contributed by atoms with Crippen LogP contribution >= 0.6 is 0 Å². The number of nitrogens with one attached hydrogen (secondary N) is 3. The van der Waals surface area contributed by atoms with Gasteiger partial charge < -0.3 is 20.9 Å². The molecule has 3 atom stereocenters. The number of likely N-dealkylation sites (tertiary alicyclic amines) is 1. The van der Waals surface area contributed by atoms with E-state index < -0.39 is 6.17 Å². The van der Waals surface area contributed by atoms with Crippen molar-refractivity contribution in [2.45, 2.75) is 88.9 Å². The summed E-state index contributed by atoms with van der Waals surface area (Å²) in [6.07, 6.45) is 9.44. The van der Waals surface area contributed by atoms with Crippen molar-refractivity contribution < 1.29 is 14.0 Å². The third kappa shape index (κ3) is 6.19. The van der Waals surface area contributed by atoms with E-state index in [0.29, 0.717) is 30.7 Å². The van der Waals surface area contributed by atoms with E-state index in [1.165, 1.54) is 6.42 Å². The van der Waals surface area contributed by atoms with Crippen LogP contribution in [-0.4, -0.2) is 67.7 Å². The van der Waals surface area contributed by atoms with Gasteiger partial charge in [0.2, 0.25) is 11.8 Å². The van der Waals surface area contributed by atoms with E-state index in [1.54, 1.807) is 0 Å². The van der Waals surface area contributed by atoms with Gasteiger partial charge in [0.1, 0.15) is 6.17 Å². The monoisotopic (exact) mass is 436 g/mol. The highest BCUT2D eigenvalue weighted by Crippen LogP contribution is 2.30. The predicted octanol–water partition coefficient (Wildman–Crippen LogP) is 2.38. The lowest BCUT2D eigenvalue weighted by atomic mass is 9.85. The minimum atomic E-state index is -0.699. The van der Waals surface area contributed by atoms with Gasteiger partial charge in [-0.05, 0) is 82.7 Å². The zero-order valence-corrected chi connectivity index (χ0v) is 18.9. The number of unbranched alkanes of at least 4 members (excludes halogenated alkanes) is 1. The average Bonchev–Trinajstić information content (AvgIpc) is 3.24. The van der Waals surface area contributed by atoms with Gasteiger partial charge in [-0.15, -0.1) is 0 Å². The molecule has 4 fully saturated rings. The van der Waals surface area contributed by atoms with Crippen molar-refractivity contribution >= 4 is 11.8 Å². The molecule has 1 saturated carbocycles. The summed E-state index contributed by atoms with van der Waals surface area (Å²) in [4.78, 5) is 27.2. The zero-order chi connectivity index (χ0) is 21.6. The van der Waals surface area contributed by atoms with Crippen LogP contribution in [0.15, 0.2) is 0 Å². The number of rotatable bonds is 7. The minimum Gasteiger partial charge on any atom is -0.355 e. The van der Waals surface area contributed by atoms with Gasteiger partial charge >= 0.3 is 0 Å². The number of amides is 2. The molecule has 0 radical (unpaired) electrons. The molecule has 0 aromatic rings. The van der Waals surface area contributed by atoms with Crippen molar-refractivity contribution in [3.8, 4) is 0 Å². The zero-order valence-electron chi connectivity index (χ0n) is 18.9. The quantitative estimate of drug-likeness (QED) is 0.536. The second-order valence-corrected chi connectivity index (χ2v) is 10.3. The van der Waals surface area contributed by atoms with Crippen molar-refractivity contribution in [1.82, 2.24) is 20.9 Å². The molecule has 3 unspecified atom stereocenters. The number of fused-ring (bicyclic) bond motifs is 1. The molecule has 3 saturated heterocycles. The van der Waals surface area contributed by atoms with E-state index in [4.69, 9.17) is 0 Å². The van der Waals surface area contributed by atoms with E-state index >= 15 is 0 Å². The van der Waals surface area contributed by atoms with Gasteiger partial charge in [0.25, 0.3) is 0 Å². The molecule has 4 rings (SSSR count). The Kier molecular flexibility index (Phi) is 8.21. The smallest absolute Gasteiger partial charge is 0.237 e. The maximum atomic E-state index is 13.3. The van der Waals surface area contributed by atoms with Crippen LogP contribution in [0.2, 0.25) is 0 Å². The Balaban J connectivity index is 1.05. The molecule has 3 aliphatic heterocycles. The Morgan fingerprint density at radius 1 is 1.00 bits per heavy atom. The molecule has 2 amide bonds. The number of hydrogen-bond donors (Lipinski definition) is 3. The number of nitrogens with zero attached hydrogens (tertiary/aromatic N) is 1. The first-order valence-corrected chi connectivity index (χ1v) is 12.8. The topological polar surface area (TPSA) is 73.5 Å². The molecule has 7 heteroatoms. The minimum absolute atomic E-state index is 0.0169. The van der Waals surface area contributed by atoms with Crippen LogP contribution in [0.3, 0.4) is 0 Å². The first kappa shape index (κ1) is 23.0. The van der Waals surface area contributed by atoms with Gasteiger partial charge in [-0.3, -0.25) is 9.59 Å². The summed E-state index contributed by atoms with van der Waals surface area (Å²) in [6.45, 7) is 4.57. The predicted molar refractivity (Wildman–Crippen MR) is 119 cm³/mol. The average molecular weight is 437 g/mol. The van der Waals surface area contributed by atoms with Crippen LogP contribution in [0, 0.1) is 17.8 Å².